The van der Waals surface area contributed by atoms with E-state index in [9.17, 15) is 0 Å². The highest BCUT2D eigenvalue weighted by molar-refractivity contribution is 6.01. The zero-order valence-electron chi connectivity index (χ0n) is 9.47. The van der Waals surface area contributed by atoms with Crippen molar-refractivity contribution in [3.63, 3.8) is 0 Å². The van der Waals surface area contributed by atoms with Crippen LogP contribution in [-0.4, -0.2) is 12.3 Å². The Bertz CT molecular complexity index is 529. The first-order valence-electron chi connectivity index (χ1n) is 5.78. The van der Waals surface area contributed by atoms with Gasteiger partial charge in [0.15, 0.2) is 0 Å². The van der Waals surface area contributed by atoms with E-state index in [2.05, 4.69) is 53.7 Å². The lowest BCUT2D eigenvalue weighted by atomic mass is 10.0. The molecule has 2 heteroatoms. The third-order valence-corrected chi connectivity index (χ3v) is 2.93. The molecule has 2 nitrogen and oxygen atoms in total. The van der Waals surface area contributed by atoms with Gasteiger partial charge >= 0.3 is 0 Å². The van der Waals surface area contributed by atoms with Crippen LogP contribution in [0.4, 0.5) is 0 Å². The molecule has 1 heterocycles. The molecule has 0 bridgehead atoms. The standard InChI is InChI=1S/C15H13NO/c1-2-4-12(5-3-1)13-6-8-14(9-7-13)15-10-11-17-16-15/h1-9H,10-11H2. The highest BCUT2D eigenvalue weighted by Gasteiger charge is 2.10. The summed E-state index contributed by atoms with van der Waals surface area (Å²) in [4.78, 5) is 5.01. The van der Waals surface area contributed by atoms with Gasteiger partial charge in [0.05, 0.1) is 5.71 Å². The maximum Gasteiger partial charge on any atom is 0.122 e. The normalized spacial score (nSPS) is 14.2. The Hall–Kier alpha value is -2.09. The molecular formula is C15H13NO. The SMILES string of the molecule is c1ccc(-c2ccc(C3=NOCC3)cc2)cc1. The zero-order chi connectivity index (χ0) is 11.5. The third kappa shape index (κ3) is 2.07. The van der Waals surface area contributed by atoms with Crippen LogP contribution in [0.5, 0.6) is 0 Å². The number of nitrogens with zero attached hydrogens (tertiary/aromatic N) is 1. The summed E-state index contributed by atoms with van der Waals surface area (Å²) in [7, 11) is 0. The highest BCUT2D eigenvalue weighted by Crippen LogP contribution is 2.20. The molecule has 1 aliphatic rings. The molecule has 0 saturated heterocycles. The minimum atomic E-state index is 0.704. The van der Waals surface area contributed by atoms with Crippen LogP contribution in [0.15, 0.2) is 59.8 Å². The Morgan fingerprint density at radius 2 is 1.41 bits per heavy atom. The number of rotatable bonds is 2. The summed E-state index contributed by atoms with van der Waals surface area (Å²) >= 11 is 0. The molecule has 0 aromatic heterocycles. The van der Waals surface area contributed by atoms with Crippen molar-refractivity contribution in [1.29, 1.82) is 0 Å². The van der Waals surface area contributed by atoms with Crippen LogP contribution in [0.2, 0.25) is 0 Å². The third-order valence-electron chi connectivity index (χ3n) is 2.93. The van der Waals surface area contributed by atoms with Gasteiger partial charge in [-0.3, -0.25) is 0 Å². The van der Waals surface area contributed by atoms with Crippen molar-refractivity contribution >= 4 is 5.71 Å². The summed E-state index contributed by atoms with van der Waals surface area (Å²) in [6.45, 7) is 0.704. The summed E-state index contributed by atoms with van der Waals surface area (Å²) in [6, 6.07) is 18.8. The first kappa shape index (κ1) is 10.1. The van der Waals surface area contributed by atoms with Crippen LogP contribution in [0.1, 0.15) is 12.0 Å². The van der Waals surface area contributed by atoms with Crippen molar-refractivity contribution < 1.29 is 4.84 Å². The van der Waals surface area contributed by atoms with Crippen LogP contribution in [-0.2, 0) is 4.84 Å². The molecule has 0 spiro atoms. The van der Waals surface area contributed by atoms with Crippen LogP contribution in [0.25, 0.3) is 11.1 Å². The van der Waals surface area contributed by atoms with E-state index < -0.39 is 0 Å². The molecule has 0 aliphatic carbocycles. The summed E-state index contributed by atoms with van der Waals surface area (Å²) in [5, 5.41) is 4.03. The van der Waals surface area contributed by atoms with Crippen LogP contribution in [0.3, 0.4) is 0 Å². The summed E-state index contributed by atoms with van der Waals surface area (Å²) < 4.78 is 0. The lowest BCUT2D eigenvalue weighted by Crippen LogP contribution is -1.96. The van der Waals surface area contributed by atoms with Crippen molar-refractivity contribution in [2.45, 2.75) is 6.42 Å². The molecule has 2 aromatic rings. The average Bonchev–Trinajstić information content (AvgIpc) is 2.94. The number of oxime groups is 1. The Labute approximate surface area is 101 Å². The Kier molecular flexibility index (Phi) is 2.62. The smallest absolute Gasteiger partial charge is 0.122 e. The molecule has 0 amide bonds. The fourth-order valence-electron chi connectivity index (χ4n) is 1.99. The van der Waals surface area contributed by atoms with E-state index in [0.717, 1.165) is 17.7 Å². The zero-order valence-corrected chi connectivity index (χ0v) is 9.47. The number of hydrogen-bond acceptors (Lipinski definition) is 2. The van der Waals surface area contributed by atoms with Gasteiger partial charge in [0.25, 0.3) is 0 Å². The Morgan fingerprint density at radius 3 is 2.06 bits per heavy atom. The van der Waals surface area contributed by atoms with Crippen molar-refractivity contribution in [1.82, 2.24) is 0 Å². The molecule has 0 unspecified atom stereocenters. The second-order valence-electron chi connectivity index (χ2n) is 4.06. The quantitative estimate of drug-likeness (QED) is 0.763. The first-order chi connectivity index (χ1) is 8.43. The van der Waals surface area contributed by atoms with Crippen LogP contribution in [0, 0.1) is 0 Å². The highest BCUT2D eigenvalue weighted by atomic mass is 16.6. The predicted molar refractivity (Wildman–Crippen MR) is 69.0 cm³/mol. The number of hydrogen-bond donors (Lipinski definition) is 0. The predicted octanol–water partition coefficient (Wildman–Crippen LogP) is 3.48. The lowest BCUT2D eigenvalue weighted by molar-refractivity contribution is 0.174. The fraction of sp³-hybridized carbons (Fsp3) is 0.133. The van der Waals surface area contributed by atoms with Gasteiger partial charge in [0.1, 0.15) is 6.61 Å². The van der Waals surface area contributed by atoms with Gasteiger partial charge in [0.2, 0.25) is 0 Å². The molecule has 1 aliphatic heterocycles. The molecule has 0 atom stereocenters. The van der Waals surface area contributed by atoms with Crippen LogP contribution < -0.4 is 0 Å². The van der Waals surface area contributed by atoms with E-state index in [4.69, 9.17) is 4.84 Å². The Morgan fingerprint density at radius 1 is 0.765 bits per heavy atom. The van der Waals surface area contributed by atoms with Crippen LogP contribution >= 0.6 is 0 Å². The van der Waals surface area contributed by atoms with Gasteiger partial charge in [-0.2, -0.15) is 0 Å². The van der Waals surface area contributed by atoms with Gasteiger partial charge in [0, 0.05) is 6.42 Å². The fourth-order valence-corrected chi connectivity index (χ4v) is 1.99. The van der Waals surface area contributed by atoms with E-state index in [1.54, 1.807) is 0 Å². The molecule has 0 radical (unpaired) electrons. The van der Waals surface area contributed by atoms with E-state index in [-0.39, 0.29) is 0 Å². The summed E-state index contributed by atoms with van der Waals surface area (Å²) in [5.74, 6) is 0. The molecule has 0 saturated carbocycles. The van der Waals surface area contributed by atoms with Crippen molar-refractivity contribution in [2.24, 2.45) is 5.16 Å². The van der Waals surface area contributed by atoms with Gasteiger partial charge in [-0.15, -0.1) is 0 Å². The van der Waals surface area contributed by atoms with E-state index in [1.165, 1.54) is 11.1 Å². The van der Waals surface area contributed by atoms with E-state index in [0.29, 0.717) is 6.61 Å². The van der Waals surface area contributed by atoms with Gasteiger partial charge in [-0.25, -0.2) is 0 Å². The van der Waals surface area contributed by atoms with Gasteiger partial charge < -0.3 is 4.84 Å². The van der Waals surface area contributed by atoms with Crippen molar-refractivity contribution in [3.8, 4) is 11.1 Å². The summed E-state index contributed by atoms with van der Waals surface area (Å²) in [6.07, 6.45) is 0.907. The molecule has 2 aromatic carbocycles. The lowest BCUT2D eigenvalue weighted by Gasteiger charge is -2.03. The van der Waals surface area contributed by atoms with E-state index >= 15 is 0 Å². The van der Waals surface area contributed by atoms with Crippen molar-refractivity contribution in [2.75, 3.05) is 6.61 Å². The molecule has 0 N–H and O–H groups in total. The largest absolute Gasteiger partial charge is 0.395 e. The molecule has 17 heavy (non-hydrogen) atoms. The monoisotopic (exact) mass is 223 g/mol. The van der Waals surface area contributed by atoms with E-state index in [1.807, 2.05) is 6.07 Å². The molecule has 3 rings (SSSR count). The first-order valence-corrected chi connectivity index (χ1v) is 5.78. The second kappa shape index (κ2) is 4.42. The summed E-state index contributed by atoms with van der Waals surface area (Å²) in [5.41, 5.74) is 4.67. The molecule has 0 fully saturated rings. The number of benzene rings is 2. The maximum atomic E-state index is 5.01. The second-order valence-corrected chi connectivity index (χ2v) is 4.06. The Balaban J connectivity index is 1.90. The van der Waals surface area contributed by atoms with Gasteiger partial charge in [-0.1, -0.05) is 59.8 Å². The van der Waals surface area contributed by atoms with Crippen molar-refractivity contribution in [3.05, 3.63) is 60.2 Å². The minimum Gasteiger partial charge on any atom is -0.395 e. The maximum absolute atomic E-state index is 5.01. The average molecular weight is 223 g/mol. The topological polar surface area (TPSA) is 21.6 Å². The van der Waals surface area contributed by atoms with Gasteiger partial charge in [-0.05, 0) is 16.7 Å². The molecule has 84 valence electrons. The minimum absolute atomic E-state index is 0.704. The molecular weight excluding hydrogens is 210 g/mol.